The van der Waals surface area contributed by atoms with Crippen LogP contribution in [0.2, 0.25) is 0 Å². The van der Waals surface area contributed by atoms with E-state index in [-0.39, 0.29) is 30.7 Å². The summed E-state index contributed by atoms with van der Waals surface area (Å²) in [7, 11) is 0. The number of benzene rings is 1. The first-order valence-corrected chi connectivity index (χ1v) is 9.04. The number of nitrogens with two attached hydrogens (primary N) is 1. The minimum atomic E-state index is -0.651. The van der Waals surface area contributed by atoms with E-state index in [1.165, 1.54) is 5.56 Å². The van der Waals surface area contributed by atoms with Gasteiger partial charge in [-0.3, -0.25) is 9.69 Å². The number of hydrogen-bond donors (Lipinski definition) is 2. The summed E-state index contributed by atoms with van der Waals surface area (Å²) < 4.78 is 5.59. The molecule has 5 nitrogen and oxygen atoms in total. The van der Waals surface area contributed by atoms with Crippen molar-refractivity contribution < 1.29 is 9.53 Å². The molecule has 0 spiro atoms. The molecule has 1 aliphatic heterocycles. The van der Waals surface area contributed by atoms with Crippen LogP contribution in [0.1, 0.15) is 43.7 Å². The van der Waals surface area contributed by atoms with E-state index < -0.39 is 5.54 Å². The van der Waals surface area contributed by atoms with Crippen molar-refractivity contribution in [1.82, 2.24) is 10.2 Å². The van der Waals surface area contributed by atoms with Crippen molar-refractivity contribution in [2.45, 2.75) is 57.3 Å². The van der Waals surface area contributed by atoms with Crippen molar-refractivity contribution in [3.05, 3.63) is 35.4 Å². The molecular weight excluding hydrogens is 373 g/mol. The number of carbonyl (C=O) groups excluding carboxylic acids is 1. The van der Waals surface area contributed by atoms with Gasteiger partial charge in [-0.1, -0.05) is 37.1 Å². The first-order chi connectivity index (χ1) is 11.5. The van der Waals surface area contributed by atoms with Crippen LogP contribution in [-0.2, 0) is 22.6 Å². The zero-order valence-corrected chi connectivity index (χ0v) is 17.0. The fourth-order valence-electron chi connectivity index (χ4n) is 3.72. The summed E-state index contributed by atoms with van der Waals surface area (Å²) in [5, 5.41) is 3.02. The Bertz CT molecular complexity index is 580. The van der Waals surface area contributed by atoms with Crippen LogP contribution in [0, 0.1) is 0 Å². The van der Waals surface area contributed by atoms with E-state index in [9.17, 15) is 4.79 Å². The van der Waals surface area contributed by atoms with Crippen LogP contribution in [0.3, 0.4) is 0 Å². The van der Waals surface area contributed by atoms with E-state index in [0.29, 0.717) is 12.6 Å². The summed E-state index contributed by atoms with van der Waals surface area (Å²) in [4.78, 5) is 14.7. The van der Waals surface area contributed by atoms with E-state index in [0.717, 1.165) is 57.5 Å². The van der Waals surface area contributed by atoms with Gasteiger partial charge in [0.25, 0.3) is 0 Å². The van der Waals surface area contributed by atoms with E-state index in [1.807, 2.05) is 0 Å². The maximum Gasteiger partial charge on any atom is 0.240 e. The van der Waals surface area contributed by atoms with Crippen LogP contribution < -0.4 is 11.1 Å². The molecule has 3 N–H and O–H groups in total. The van der Waals surface area contributed by atoms with Crippen molar-refractivity contribution >= 4 is 30.7 Å². The topological polar surface area (TPSA) is 67.6 Å². The molecule has 0 radical (unpaired) electrons. The van der Waals surface area contributed by atoms with Gasteiger partial charge in [0.15, 0.2) is 0 Å². The summed E-state index contributed by atoms with van der Waals surface area (Å²) in [6.45, 7) is 6.33. The maximum atomic E-state index is 12.3. The standard InChI is InChI=1S/C19H29N3O2.2ClH/c1-15-13-22(9-10-24-15)14-17-6-4-5-16(11-17)12-21-18(23)19(20)7-2-3-8-19;;/h4-6,11,15H,2-3,7-10,12-14,20H2,1H3,(H,21,23);2*1H. The van der Waals surface area contributed by atoms with Gasteiger partial charge in [-0.05, 0) is 30.9 Å². The van der Waals surface area contributed by atoms with Crippen molar-refractivity contribution in [1.29, 1.82) is 0 Å². The van der Waals surface area contributed by atoms with Crippen LogP contribution in [0.5, 0.6) is 0 Å². The van der Waals surface area contributed by atoms with Crippen molar-refractivity contribution in [2.24, 2.45) is 5.73 Å². The second-order valence-electron chi connectivity index (χ2n) is 7.28. The van der Waals surface area contributed by atoms with Crippen LogP contribution in [-0.4, -0.2) is 42.1 Å². The molecule has 1 saturated heterocycles. The Hall–Kier alpha value is -0.850. The lowest BCUT2D eigenvalue weighted by Crippen LogP contribution is -2.51. The summed E-state index contributed by atoms with van der Waals surface area (Å²) in [6, 6.07) is 8.45. The molecule has 2 aliphatic rings. The van der Waals surface area contributed by atoms with Crippen molar-refractivity contribution in [3.63, 3.8) is 0 Å². The smallest absolute Gasteiger partial charge is 0.240 e. The predicted octanol–water partition coefficient (Wildman–Crippen LogP) is 2.64. The lowest BCUT2D eigenvalue weighted by atomic mass is 9.98. The van der Waals surface area contributed by atoms with E-state index in [2.05, 4.69) is 41.4 Å². The van der Waals surface area contributed by atoms with Gasteiger partial charge in [-0.2, -0.15) is 0 Å². The van der Waals surface area contributed by atoms with Gasteiger partial charge in [0.05, 0.1) is 18.2 Å². The Kier molecular flexibility index (Phi) is 9.34. The van der Waals surface area contributed by atoms with Crippen LogP contribution in [0.4, 0.5) is 0 Å². The highest BCUT2D eigenvalue weighted by atomic mass is 35.5. The Morgan fingerprint density at radius 1 is 1.31 bits per heavy atom. The monoisotopic (exact) mass is 403 g/mol. The fourth-order valence-corrected chi connectivity index (χ4v) is 3.72. The highest BCUT2D eigenvalue weighted by molar-refractivity contribution is 5.86. The van der Waals surface area contributed by atoms with Gasteiger partial charge in [0.2, 0.25) is 5.91 Å². The molecule has 1 unspecified atom stereocenters. The largest absolute Gasteiger partial charge is 0.376 e. The highest BCUT2D eigenvalue weighted by Gasteiger charge is 2.36. The van der Waals surface area contributed by atoms with E-state index in [4.69, 9.17) is 10.5 Å². The van der Waals surface area contributed by atoms with E-state index in [1.54, 1.807) is 0 Å². The Balaban J connectivity index is 0.00000169. The first kappa shape index (κ1) is 23.2. The number of carbonyl (C=O) groups is 1. The molecule has 7 heteroatoms. The second-order valence-corrected chi connectivity index (χ2v) is 7.28. The minimum absolute atomic E-state index is 0. The predicted molar refractivity (Wildman–Crippen MR) is 109 cm³/mol. The molecule has 0 bridgehead atoms. The van der Waals surface area contributed by atoms with Gasteiger partial charge < -0.3 is 15.8 Å². The molecule has 1 atom stereocenters. The second kappa shape index (κ2) is 10.5. The molecule has 1 aromatic carbocycles. The van der Waals surface area contributed by atoms with Crippen LogP contribution >= 0.6 is 24.8 Å². The summed E-state index contributed by atoms with van der Waals surface area (Å²) in [6.07, 6.45) is 4.00. The molecule has 1 aliphatic carbocycles. The number of nitrogens with one attached hydrogen (secondary N) is 1. The number of hydrogen-bond acceptors (Lipinski definition) is 4. The molecular formula is C19H31Cl2N3O2. The zero-order chi connectivity index (χ0) is 17.0. The van der Waals surface area contributed by atoms with E-state index >= 15 is 0 Å². The summed E-state index contributed by atoms with van der Waals surface area (Å²) in [5.41, 5.74) is 7.96. The third kappa shape index (κ3) is 6.10. The van der Waals surface area contributed by atoms with Crippen LogP contribution in [0.25, 0.3) is 0 Å². The first-order valence-electron chi connectivity index (χ1n) is 9.04. The van der Waals surface area contributed by atoms with Gasteiger partial charge in [0.1, 0.15) is 0 Å². The molecule has 2 fully saturated rings. The molecule has 1 heterocycles. The number of morpholine rings is 1. The van der Waals surface area contributed by atoms with Gasteiger partial charge >= 0.3 is 0 Å². The van der Waals surface area contributed by atoms with Gasteiger partial charge in [-0.15, -0.1) is 24.8 Å². The summed E-state index contributed by atoms with van der Waals surface area (Å²) >= 11 is 0. The molecule has 1 saturated carbocycles. The normalized spacial score (nSPS) is 22.2. The van der Waals surface area contributed by atoms with Crippen molar-refractivity contribution in [2.75, 3.05) is 19.7 Å². The van der Waals surface area contributed by atoms with Gasteiger partial charge in [0, 0.05) is 26.2 Å². The number of nitrogens with zero attached hydrogens (tertiary/aromatic N) is 1. The SMILES string of the molecule is CC1CN(Cc2cccc(CNC(=O)C3(N)CCCC3)c2)CCO1.Cl.Cl. The lowest BCUT2D eigenvalue weighted by molar-refractivity contribution is -0.126. The quantitative estimate of drug-likeness (QED) is 0.792. The molecule has 0 aromatic heterocycles. The Morgan fingerprint density at radius 2 is 2.00 bits per heavy atom. The lowest BCUT2D eigenvalue weighted by Gasteiger charge is -2.31. The van der Waals surface area contributed by atoms with Gasteiger partial charge in [-0.25, -0.2) is 0 Å². The Morgan fingerprint density at radius 3 is 2.69 bits per heavy atom. The number of ether oxygens (including phenoxy) is 1. The Labute approximate surface area is 168 Å². The maximum absolute atomic E-state index is 12.3. The average Bonchev–Trinajstić information content (AvgIpc) is 3.01. The molecule has 1 aromatic rings. The molecule has 26 heavy (non-hydrogen) atoms. The average molecular weight is 404 g/mol. The number of rotatable bonds is 5. The molecule has 148 valence electrons. The molecule has 3 rings (SSSR count). The molecule has 1 amide bonds. The number of halogens is 2. The minimum Gasteiger partial charge on any atom is -0.376 e. The number of amides is 1. The van der Waals surface area contributed by atoms with Crippen molar-refractivity contribution in [3.8, 4) is 0 Å². The highest BCUT2D eigenvalue weighted by Crippen LogP contribution is 2.27. The van der Waals surface area contributed by atoms with Crippen LogP contribution in [0.15, 0.2) is 24.3 Å². The zero-order valence-electron chi connectivity index (χ0n) is 15.4. The fraction of sp³-hybridized carbons (Fsp3) is 0.632. The summed E-state index contributed by atoms with van der Waals surface area (Å²) in [5.74, 6) is -0.00703. The third-order valence-corrected chi connectivity index (χ3v) is 5.12. The third-order valence-electron chi connectivity index (χ3n) is 5.12.